The van der Waals surface area contributed by atoms with Gasteiger partial charge >= 0.3 is 0 Å². The summed E-state index contributed by atoms with van der Waals surface area (Å²) in [5.74, 6) is 3.38. The van der Waals surface area contributed by atoms with Gasteiger partial charge in [-0.25, -0.2) is 0 Å². The number of fused-ring (bicyclic) bond motifs is 2. The standard InChI is InChI=1S/C17H26N4O/c1-3-4-8-17(19-20-17)9-7-16(22)18-12-13-10-14-5-6-15(11-13)21(14)2/h1,13-15H,4-12H2,2H3,(H,18,22). The fraction of sp³-hybridized carbons (Fsp3) is 0.824. The number of carbonyl (C=O) groups excluding carboxylic acids is 1. The summed E-state index contributed by atoms with van der Waals surface area (Å²) in [6, 6.07) is 1.47. The molecule has 0 aromatic heterocycles. The Morgan fingerprint density at radius 3 is 2.59 bits per heavy atom. The van der Waals surface area contributed by atoms with Gasteiger partial charge < -0.3 is 10.2 Å². The Labute approximate surface area is 132 Å². The first-order valence-electron chi connectivity index (χ1n) is 8.48. The molecular formula is C17H26N4O. The van der Waals surface area contributed by atoms with E-state index in [0.29, 0.717) is 25.2 Å². The van der Waals surface area contributed by atoms with Gasteiger partial charge in [-0.05, 0) is 38.6 Å². The van der Waals surface area contributed by atoms with Gasteiger partial charge in [-0.3, -0.25) is 4.79 Å². The second-order valence-corrected chi connectivity index (χ2v) is 7.08. The summed E-state index contributed by atoms with van der Waals surface area (Å²) in [5, 5.41) is 11.3. The number of carbonyl (C=O) groups is 1. The van der Waals surface area contributed by atoms with E-state index in [1.807, 2.05) is 0 Å². The third-order valence-corrected chi connectivity index (χ3v) is 5.59. The minimum absolute atomic E-state index is 0.128. The maximum absolute atomic E-state index is 12.0. The topological polar surface area (TPSA) is 57.1 Å². The van der Waals surface area contributed by atoms with Gasteiger partial charge in [0, 0.05) is 44.3 Å². The van der Waals surface area contributed by atoms with Crippen LogP contribution in [0.25, 0.3) is 0 Å². The molecule has 0 aliphatic carbocycles. The van der Waals surface area contributed by atoms with Gasteiger partial charge in [0.05, 0.1) is 0 Å². The molecule has 3 rings (SSSR count). The molecule has 2 atom stereocenters. The molecule has 2 unspecified atom stereocenters. The van der Waals surface area contributed by atoms with Gasteiger partial charge in [0.15, 0.2) is 5.66 Å². The van der Waals surface area contributed by atoms with E-state index in [9.17, 15) is 4.79 Å². The summed E-state index contributed by atoms with van der Waals surface area (Å²) in [6.45, 7) is 0.825. The Morgan fingerprint density at radius 2 is 2.00 bits per heavy atom. The predicted octanol–water partition coefficient (Wildman–Crippen LogP) is 2.33. The molecule has 2 fully saturated rings. The first-order valence-corrected chi connectivity index (χ1v) is 8.48. The van der Waals surface area contributed by atoms with Crippen molar-refractivity contribution < 1.29 is 4.79 Å². The maximum Gasteiger partial charge on any atom is 0.220 e. The number of hydrogen-bond acceptors (Lipinski definition) is 4. The highest BCUT2D eigenvalue weighted by atomic mass is 16.1. The zero-order chi connectivity index (χ0) is 15.6. The minimum atomic E-state index is -0.337. The molecule has 0 spiro atoms. The highest BCUT2D eigenvalue weighted by Crippen LogP contribution is 2.38. The Kier molecular flexibility index (Phi) is 4.49. The van der Waals surface area contributed by atoms with Gasteiger partial charge in [-0.1, -0.05) is 0 Å². The summed E-state index contributed by atoms with van der Waals surface area (Å²) in [6.07, 6.45) is 13.0. The van der Waals surface area contributed by atoms with Crippen LogP contribution in [0.4, 0.5) is 0 Å². The number of piperidine rings is 1. The second-order valence-electron chi connectivity index (χ2n) is 7.08. The van der Waals surface area contributed by atoms with Crippen molar-refractivity contribution in [1.82, 2.24) is 10.2 Å². The molecule has 120 valence electrons. The fourth-order valence-corrected chi connectivity index (χ4v) is 4.02. The quantitative estimate of drug-likeness (QED) is 0.734. The minimum Gasteiger partial charge on any atom is -0.356 e. The van der Waals surface area contributed by atoms with Crippen molar-refractivity contribution in [3.8, 4) is 12.3 Å². The van der Waals surface area contributed by atoms with Crippen molar-refractivity contribution in [3.63, 3.8) is 0 Å². The number of terminal acetylenes is 1. The van der Waals surface area contributed by atoms with E-state index in [0.717, 1.165) is 25.0 Å². The number of hydrogen-bond donors (Lipinski definition) is 1. The van der Waals surface area contributed by atoms with Crippen LogP contribution in [0, 0.1) is 18.3 Å². The van der Waals surface area contributed by atoms with Crippen LogP contribution in [0.1, 0.15) is 51.4 Å². The van der Waals surface area contributed by atoms with Crippen LogP contribution in [-0.2, 0) is 4.79 Å². The van der Waals surface area contributed by atoms with Gasteiger partial charge in [0.1, 0.15) is 0 Å². The van der Waals surface area contributed by atoms with Crippen LogP contribution >= 0.6 is 0 Å². The second kappa shape index (κ2) is 6.37. The van der Waals surface area contributed by atoms with Crippen molar-refractivity contribution in [2.24, 2.45) is 16.1 Å². The number of nitrogens with one attached hydrogen (secondary N) is 1. The third kappa shape index (κ3) is 3.49. The van der Waals surface area contributed by atoms with Crippen LogP contribution in [-0.4, -0.2) is 42.1 Å². The molecule has 0 aromatic carbocycles. The van der Waals surface area contributed by atoms with Crippen molar-refractivity contribution in [2.75, 3.05) is 13.6 Å². The van der Waals surface area contributed by atoms with Crippen LogP contribution in [0.15, 0.2) is 10.2 Å². The number of amides is 1. The molecule has 2 bridgehead atoms. The third-order valence-electron chi connectivity index (χ3n) is 5.59. The molecule has 22 heavy (non-hydrogen) atoms. The Morgan fingerprint density at radius 1 is 1.32 bits per heavy atom. The monoisotopic (exact) mass is 302 g/mol. The van der Waals surface area contributed by atoms with E-state index in [-0.39, 0.29) is 11.6 Å². The first kappa shape index (κ1) is 15.5. The van der Waals surface area contributed by atoms with E-state index < -0.39 is 0 Å². The molecule has 1 N–H and O–H groups in total. The first-order chi connectivity index (χ1) is 10.6. The Balaban J connectivity index is 1.34. The lowest BCUT2D eigenvalue weighted by atomic mass is 9.91. The van der Waals surface area contributed by atoms with Crippen molar-refractivity contribution in [3.05, 3.63) is 0 Å². The number of nitrogens with zero attached hydrogens (tertiary/aromatic N) is 3. The lowest BCUT2D eigenvalue weighted by molar-refractivity contribution is -0.121. The van der Waals surface area contributed by atoms with Crippen molar-refractivity contribution in [1.29, 1.82) is 0 Å². The average molecular weight is 302 g/mol. The normalized spacial score (nSPS) is 31.7. The van der Waals surface area contributed by atoms with Crippen molar-refractivity contribution >= 4 is 5.91 Å². The average Bonchev–Trinajstić information content (AvgIpc) is 3.26. The van der Waals surface area contributed by atoms with Gasteiger partial charge in [-0.15, -0.1) is 12.3 Å². The molecule has 0 radical (unpaired) electrons. The van der Waals surface area contributed by atoms with Crippen LogP contribution < -0.4 is 5.32 Å². The van der Waals surface area contributed by atoms with Gasteiger partial charge in [0.2, 0.25) is 5.91 Å². The molecule has 0 aromatic rings. The lowest BCUT2D eigenvalue weighted by Crippen LogP contribution is -2.43. The molecule has 2 saturated heterocycles. The highest BCUT2D eigenvalue weighted by molar-refractivity contribution is 5.76. The van der Waals surface area contributed by atoms with E-state index in [1.165, 1.54) is 25.7 Å². The SMILES string of the molecule is C#CCCC1(CCC(=O)NCC2CC3CCC(C2)N3C)N=N1. The van der Waals surface area contributed by atoms with Crippen molar-refractivity contribution in [2.45, 2.75) is 69.1 Å². The molecule has 5 heteroatoms. The largest absolute Gasteiger partial charge is 0.356 e. The Bertz CT molecular complexity index is 475. The summed E-state index contributed by atoms with van der Waals surface area (Å²) >= 11 is 0. The molecule has 3 heterocycles. The molecule has 1 amide bonds. The molecule has 0 saturated carbocycles. The molecule has 3 aliphatic heterocycles. The fourth-order valence-electron chi connectivity index (χ4n) is 4.02. The van der Waals surface area contributed by atoms with E-state index in [2.05, 4.69) is 33.4 Å². The maximum atomic E-state index is 12.0. The summed E-state index contributed by atoms with van der Waals surface area (Å²) < 4.78 is 0. The summed E-state index contributed by atoms with van der Waals surface area (Å²) in [7, 11) is 2.25. The number of rotatable bonds is 7. The molecular weight excluding hydrogens is 276 g/mol. The summed E-state index contributed by atoms with van der Waals surface area (Å²) in [5.41, 5.74) is -0.337. The van der Waals surface area contributed by atoms with E-state index in [4.69, 9.17) is 6.42 Å². The van der Waals surface area contributed by atoms with E-state index >= 15 is 0 Å². The highest BCUT2D eigenvalue weighted by Gasteiger charge is 2.40. The Hall–Kier alpha value is -1.41. The van der Waals surface area contributed by atoms with E-state index in [1.54, 1.807) is 0 Å². The smallest absolute Gasteiger partial charge is 0.220 e. The van der Waals surface area contributed by atoms with Gasteiger partial charge in [-0.2, -0.15) is 10.2 Å². The van der Waals surface area contributed by atoms with Crippen LogP contribution in [0.3, 0.4) is 0 Å². The zero-order valence-electron chi connectivity index (χ0n) is 13.4. The predicted molar refractivity (Wildman–Crippen MR) is 85.2 cm³/mol. The van der Waals surface area contributed by atoms with Crippen LogP contribution in [0.5, 0.6) is 0 Å². The lowest BCUT2D eigenvalue weighted by Gasteiger charge is -2.36. The molecule has 5 nitrogen and oxygen atoms in total. The van der Waals surface area contributed by atoms with Gasteiger partial charge in [0.25, 0.3) is 0 Å². The zero-order valence-corrected chi connectivity index (χ0v) is 13.4. The molecule has 3 aliphatic rings. The van der Waals surface area contributed by atoms with Crippen LogP contribution in [0.2, 0.25) is 0 Å². The summed E-state index contributed by atoms with van der Waals surface area (Å²) in [4.78, 5) is 14.6.